The summed E-state index contributed by atoms with van der Waals surface area (Å²) in [5.41, 5.74) is 3.14. The largest absolute Gasteiger partial charge is 0.392 e. The first-order valence-corrected chi connectivity index (χ1v) is 11.6. The fraction of sp³-hybridized carbons (Fsp3) is 0.583. The van der Waals surface area contributed by atoms with Crippen molar-refractivity contribution in [3.05, 3.63) is 58.3 Å². The molecular weight excluding hydrogens is 369 g/mol. The molecule has 0 amide bonds. The van der Waals surface area contributed by atoms with Gasteiger partial charge in [-0.15, -0.1) is 11.8 Å². The van der Waals surface area contributed by atoms with Gasteiger partial charge in [-0.3, -0.25) is 0 Å². The van der Waals surface area contributed by atoms with E-state index in [4.69, 9.17) is 0 Å². The maximum Gasteiger partial charge on any atom is 0.123 e. The lowest BCUT2D eigenvalue weighted by Crippen LogP contribution is -2.50. The van der Waals surface area contributed by atoms with Crippen molar-refractivity contribution in [2.75, 3.05) is 12.3 Å². The van der Waals surface area contributed by atoms with E-state index in [1.165, 1.54) is 29.7 Å². The third-order valence-corrected chi connectivity index (χ3v) is 7.49. The normalized spacial score (nSPS) is 22.7. The first kappa shape index (κ1) is 21.6. The number of hydrogen-bond acceptors (Lipinski definition) is 3. The summed E-state index contributed by atoms with van der Waals surface area (Å²) >= 11 is 1.96. The summed E-state index contributed by atoms with van der Waals surface area (Å²) in [5.74, 6) is 1.37. The number of rotatable bonds is 8. The van der Waals surface area contributed by atoms with Gasteiger partial charge in [0.05, 0.1) is 6.10 Å². The van der Waals surface area contributed by atoms with Gasteiger partial charge in [-0.05, 0) is 62.8 Å². The summed E-state index contributed by atoms with van der Waals surface area (Å²) < 4.78 is 13.6. The fourth-order valence-corrected chi connectivity index (χ4v) is 5.96. The molecule has 0 aromatic heterocycles. The van der Waals surface area contributed by atoms with Crippen LogP contribution in [0.2, 0.25) is 0 Å². The molecule has 2 aliphatic rings. The van der Waals surface area contributed by atoms with Crippen molar-refractivity contribution in [2.45, 2.75) is 70.4 Å². The van der Waals surface area contributed by atoms with Gasteiger partial charge in [-0.1, -0.05) is 43.6 Å². The van der Waals surface area contributed by atoms with E-state index in [-0.39, 0.29) is 11.4 Å². The molecule has 0 bridgehead atoms. The highest BCUT2D eigenvalue weighted by Crippen LogP contribution is 2.45. The van der Waals surface area contributed by atoms with Crippen molar-refractivity contribution in [2.24, 2.45) is 5.92 Å². The molecule has 2 nitrogen and oxygen atoms in total. The average molecular weight is 404 g/mol. The van der Waals surface area contributed by atoms with E-state index in [9.17, 15) is 9.50 Å². The number of aliphatic hydroxyl groups is 1. The minimum absolute atomic E-state index is 0.0174. The third-order valence-electron chi connectivity index (χ3n) is 6.13. The van der Waals surface area contributed by atoms with Crippen LogP contribution in [0.4, 0.5) is 4.39 Å². The van der Waals surface area contributed by atoms with Gasteiger partial charge in [0.15, 0.2) is 0 Å². The van der Waals surface area contributed by atoms with Gasteiger partial charge in [0.1, 0.15) is 5.82 Å². The molecule has 28 heavy (non-hydrogen) atoms. The summed E-state index contributed by atoms with van der Waals surface area (Å²) in [6.07, 6.45) is 9.39. The van der Waals surface area contributed by atoms with E-state index < -0.39 is 6.10 Å². The molecule has 2 N–H and O–H groups in total. The van der Waals surface area contributed by atoms with E-state index in [1.54, 1.807) is 12.1 Å². The van der Waals surface area contributed by atoms with E-state index in [0.29, 0.717) is 25.3 Å². The highest BCUT2D eigenvalue weighted by molar-refractivity contribution is 8.03. The molecule has 0 saturated heterocycles. The summed E-state index contributed by atoms with van der Waals surface area (Å²) in [6, 6.07) is 5.12. The minimum Gasteiger partial charge on any atom is -0.392 e. The van der Waals surface area contributed by atoms with Crippen LogP contribution in [0.5, 0.6) is 0 Å². The molecule has 1 saturated carbocycles. The Morgan fingerprint density at radius 1 is 1.32 bits per heavy atom. The van der Waals surface area contributed by atoms with E-state index >= 15 is 0 Å². The van der Waals surface area contributed by atoms with Crippen LogP contribution in [0.1, 0.15) is 56.6 Å². The highest BCUT2D eigenvalue weighted by atomic mass is 32.2. The standard InChI is InChI=1S/C24H34FNOS/c1-17(2)20-14-23(28-16-20)24(9-5-4-6-10-24)26-15-22(27)8-7-19-11-18(3)12-21(25)13-19/h11-14,20,22,26-27H,1,4-10,15-16H2,2-3H3. The van der Waals surface area contributed by atoms with Crippen LogP contribution >= 0.6 is 11.8 Å². The number of hydrogen-bond donors (Lipinski definition) is 2. The lowest BCUT2D eigenvalue weighted by atomic mass is 9.80. The van der Waals surface area contributed by atoms with Crippen molar-refractivity contribution < 1.29 is 9.50 Å². The number of β-amino-alcohol motifs (C(OH)–C–C–N with tert-alkyl or cyclic N) is 1. The van der Waals surface area contributed by atoms with Gasteiger partial charge in [0, 0.05) is 28.7 Å². The smallest absolute Gasteiger partial charge is 0.123 e. The molecule has 2 atom stereocenters. The van der Waals surface area contributed by atoms with Crippen LogP contribution in [-0.4, -0.2) is 29.0 Å². The monoisotopic (exact) mass is 403 g/mol. The number of halogens is 1. The van der Waals surface area contributed by atoms with Crippen LogP contribution in [0.25, 0.3) is 0 Å². The molecule has 4 heteroatoms. The molecule has 3 rings (SSSR count). The molecule has 1 aliphatic carbocycles. The van der Waals surface area contributed by atoms with E-state index in [0.717, 1.165) is 29.7 Å². The van der Waals surface area contributed by atoms with Crippen LogP contribution in [0.3, 0.4) is 0 Å². The van der Waals surface area contributed by atoms with Crippen molar-refractivity contribution in [1.29, 1.82) is 0 Å². The number of benzene rings is 1. The minimum atomic E-state index is -0.425. The van der Waals surface area contributed by atoms with E-state index in [2.05, 4.69) is 24.9 Å². The van der Waals surface area contributed by atoms with Gasteiger partial charge in [0.25, 0.3) is 0 Å². The summed E-state index contributed by atoms with van der Waals surface area (Å²) in [4.78, 5) is 1.45. The average Bonchev–Trinajstić information content (AvgIpc) is 3.16. The number of aryl methyl sites for hydroxylation is 2. The maximum atomic E-state index is 13.6. The Balaban J connectivity index is 1.59. The Hall–Kier alpha value is -1.10. The predicted molar refractivity (Wildman–Crippen MR) is 118 cm³/mol. The summed E-state index contributed by atoms with van der Waals surface area (Å²) in [5, 5.41) is 14.3. The summed E-state index contributed by atoms with van der Waals surface area (Å²) in [6.45, 7) is 8.74. The van der Waals surface area contributed by atoms with Crippen LogP contribution in [-0.2, 0) is 6.42 Å². The second-order valence-corrected chi connectivity index (χ2v) is 9.71. The molecular formula is C24H34FNOS. The van der Waals surface area contributed by atoms with Crippen molar-refractivity contribution in [3.63, 3.8) is 0 Å². The number of thioether (sulfide) groups is 1. The molecule has 1 fully saturated rings. The lowest BCUT2D eigenvalue weighted by molar-refractivity contribution is 0.143. The predicted octanol–water partition coefficient (Wildman–Crippen LogP) is 5.54. The Bertz CT molecular complexity index is 703. The van der Waals surface area contributed by atoms with Gasteiger partial charge < -0.3 is 10.4 Å². The van der Waals surface area contributed by atoms with Gasteiger partial charge in [0.2, 0.25) is 0 Å². The number of allylic oxidation sites excluding steroid dienone is 2. The number of nitrogens with one attached hydrogen (secondary N) is 1. The highest BCUT2D eigenvalue weighted by Gasteiger charge is 2.38. The van der Waals surface area contributed by atoms with Gasteiger partial charge in [-0.25, -0.2) is 4.39 Å². The second kappa shape index (κ2) is 9.60. The Morgan fingerprint density at radius 2 is 2.07 bits per heavy atom. The SMILES string of the molecule is C=C(C)C1C=C(C2(NCC(O)CCc3cc(C)cc(F)c3)CCCCC2)SC1. The molecule has 154 valence electrons. The zero-order valence-electron chi connectivity index (χ0n) is 17.3. The van der Waals surface area contributed by atoms with Gasteiger partial charge >= 0.3 is 0 Å². The molecule has 1 aromatic carbocycles. The van der Waals surface area contributed by atoms with Crippen LogP contribution < -0.4 is 5.32 Å². The molecule has 0 spiro atoms. The van der Waals surface area contributed by atoms with E-state index in [1.807, 2.05) is 24.8 Å². The Morgan fingerprint density at radius 3 is 2.71 bits per heavy atom. The zero-order chi connectivity index (χ0) is 20.1. The van der Waals surface area contributed by atoms with Crippen LogP contribution in [0.15, 0.2) is 41.3 Å². The lowest BCUT2D eigenvalue weighted by Gasteiger charge is -2.40. The first-order valence-electron chi connectivity index (χ1n) is 10.6. The Kier molecular flexibility index (Phi) is 7.41. The topological polar surface area (TPSA) is 32.3 Å². The molecule has 1 aromatic rings. The molecule has 1 aliphatic heterocycles. The molecule has 0 radical (unpaired) electrons. The van der Waals surface area contributed by atoms with Crippen molar-refractivity contribution in [1.82, 2.24) is 5.32 Å². The quantitative estimate of drug-likeness (QED) is 0.559. The fourth-order valence-electron chi connectivity index (χ4n) is 4.41. The maximum absolute atomic E-state index is 13.6. The van der Waals surface area contributed by atoms with Crippen LogP contribution in [0, 0.1) is 18.7 Å². The second-order valence-electron chi connectivity index (χ2n) is 8.65. The Labute approximate surface area is 173 Å². The molecule has 2 unspecified atom stereocenters. The third kappa shape index (κ3) is 5.49. The van der Waals surface area contributed by atoms with Crippen molar-refractivity contribution >= 4 is 11.8 Å². The summed E-state index contributed by atoms with van der Waals surface area (Å²) in [7, 11) is 0. The van der Waals surface area contributed by atoms with Crippen molar-refractivity contribution in [3.8, 4) is 0 Å². The molecule has 1 heterocycles. The van der Waals surface area contributed by atoms with Gasteiger partial charge in [-0.2, -0.15) is 0 Å². The first-order chi connectivity index (χ1) is 13.4. The number of aliphatic hydroxyl groups excluding tert-OH is 1. The zero-order valence-corrected chi connectivity index (χ0v) is 18.1.